The number of nitrogens with zero attached hydrogens (tertiary/aromatic N) is 6. The fourth-order valence-corrected chi connectivity index (χ4v) is 3.37. The maximum absolute atomic E-state index is 12.2. The molecule has 3 aromatic heterocycles. The van der Waals surface area contributed by atoms with Crippen molar-refractivity contribution in [1.82, 2.24) is 29.3 Å². The first-order valence-electron chi connectivity index (χ1n) is 7.56. The van der Waals surface area contributed by atoms with Crippen LogP contribution < -0.4 is 17.0 Å². The summed E-state index contributed by atoms with van der Waals surface area (Å²) in [6.07, 6.45) is 0.196. The van der Waals surface area contributed by atoms with Crippen molar-refractivity contribution in [2.45, 2.75) is 19.2 Å². The van der Waals surface area contributed by atoms with Gasteiger partial charge >= 0.3 is 5.69 Å². The predicted octanol–water partition coefficient (Wildman–Crippen LogP) is -0.871. The number of thiophene rings is 1. The number of halogens is 1. The molecule has 0 spiro atoms. The van der Waals surface area contributed by atoms with Crippen molar-refractivity contribution in [3.05, 3.63) is 59.8 Å². The Kier molecular flexibility index (Phi) is 5.21. The highest BCUT2D eigenvalue weighted by Gasteiger charge is 2.16. The van der Waals surface area contributed by atoms with E-state index in [0.29, 0.717) is 9.21 Å². The Balaban J connectivity index is 1.81. The van der Waals surface area contributed by atoms with Gasteiger partial charge < -0.3 is 10.8 Å². The van der Waals surface area contributed by atoms with Gasteiger partial charge in [-0.05, 0) is 17.3 Å². The molecule has 0 unspecified atom stereocenters. The van der Waals surface area contributed by atoms with Gasteiger partial charge in [0.1, 0.15) is 11.7 Å². The summed E-state index contributed by atoms with van der Waals surface area (Å²) in [5, 5.41) is 21.9. The minimum atomic E-state index is -0.946. The summed E-state index contributed by atoms with van der Waals surface area (Å²) in [4.78, 5) is 37.2. The van der Waals surface area contributed by atoms with E-state index < -0.39 is 23.3 Å². The zero-order valence-electron chi connectivity index (χ0n) is 13.9. The van der Waals surface area contributed by atoms with Crippen LogP contribution in [0.5, 0.6) is 0 Å². The van der Waals surface area contributed by atoms with Gasteiger partial charge in [0.25, 0.3) is 11.5 Å². The second kappa shape index (κ2) is 7.42. The molecule has 1 amide bonds. The van der Waals surface area contributed by atoms with E-state index >= 15 is 0 Å². The zero-order valence-corrected chi connectivity index (χ0v) is 15.5. The number of carbonyl (C=O) groups excluding carboxylic acids is 1. The Morgan fingerprint density at radius 2 is 2.15 bits per heavy atom. The highest BCUT2D eigenvalue weighted by Crippen LogP contribution is 2.27. The lowest BCUT2D eigenvalue weighted by atomic mass is 10.3. The van der Waals surface area contributed by atoms with E-state index in [4.69, 9.17) is 17.3 Å². The molecule has 0 fully saturated rings. The topological polar surface area (TPSA) is 151 Å². The summed E-state index contributed by atoms with van der Waals surface area (Å²) in [7, 11) is 1.24. The number of carbonyl (C=O) groups is 1. The molecule has 3 aromatic rings. The number of tetrazole rings is 1. The molecule has 11 nitrogen and oxygen atoms in total. The molecule has 0 radical (unpaired) electrons. The van der Waals surface area contributed by atoms with Crippen LogP contribution in [0.25, 0.3) is 0 Å². The number of aromatic nitrogens is 6. The molecule has 0 saturated heterocycles. The average molecular weight is 412 g/mol. The molecular weight excluding hydrogens is 398 g/mol. The molecule has 0 aromatic carbocycles. The SMILES string of the molecule is Cn1c(=O)c(C(N)=O)cn(Cc2nnn(C[C@H](O)c3ccc(Cl)s3)n2)c1=O. The van der Waals surface area contributed by atoms with Gasteiger partial charge in [-0.2, -0.15) is 4.80 Å². The van der Waals surface area contributed by atoms with Gasteiger partial charge in [-0.3, -0.25) is 18.7 Å². The Hall–Kier alpha value is -2.83. The van der Waals surface area contributed by atoms with Crippen molar-refractivity contribution in [2.75, 3.05) is 0 Å². The van der Waals surface area contributed by atoms with Crippen LogP contribution in [0.2, 0.25) is 4.34 Å². The van der Waals surface area contributed by atoms with Crippen molar-refractivity contribution in [2.24, 2.45) is 12.8 Å². The number of amides is 1. The van der Waals surface area contributed by atoms with E-state index in [0.717, 1.165) is 15.3 Å². The van der Waals surface area contributed by atoms with Gasteiger partial charge in [0.05, 0.1) is 17.4 Å². The van der Waals surface area contributed by atoms with Crippen LogP contribution in [0, 0.1) is 0 Å². The second-order valence-electron chi connectivity index (χ2n) is 5.60. The van der Waals surface area contributed by atoms with Crippen LogP contribution in [0.4, 0.5) is 0 Å². The molecule has 13 heteroatoms. The maximum atomic E-state index is 12.2. The Morgan fingerprint density at radius 1 is 1.41 bits per heavy atom. The first-order valence-corrected chi connectivity index (χ1v) is 8.76. The number of hydrogen-bond acceptors (Lipinski definition) is 8. The number of hydrogen-bond donors (Lipinski definition) is 2. The van der Waals surface area contributed by atoms with Gasteiger partial charge in [0, 0.05) is 18.1 Å². The lowest BCUT2D eigenvalue weighted by Crippen LogP contribution is -2.42. The molecule has 0 bridgehead atoms. The average Bonchev–Trinajstić information content (AvgIpc) is 3.24. The van der Waals surface area contributed by atoms with Crippen molar-refractivity contribution in [1.29, 1.82) is 0 Å². The van der Waals surface area contributed by atoms with Crippen molar-refractivity contribution < 1.29 is 9.90 Å². The summed E-state index contributed by atoms with van der Waals surface area (Å²) in [5.41, 5.74) is 3.40. The van der Waals surface area contributed by atoms with Gasteiger partial charge in [0.15, 0.2) is 5.82 Å². The summed E-state index contributed by atoms with van der Waals surface area (Å²) in [5.74, 6) is -0.790. The Bertz CT molecular complexity index is 1120. The summed E-state index contributed by atoms with van der Waals surface area (Å²) >= 11 is 7.08. The van der Waals surface area contributed by atoms with E-state index in [-0.39, 0.29) is 24.5 Å². The van der Waals surface area contributed by atoms with Crippen LogP contribution in [-0.4, -0.2) is 40.4 Å². The zero-order chi connectivity index (χ0) is 19.7. The number of aliphatic hydroxyl groups is 1. The minimum absolute atomic E-state index is 0.0402. The Labute approximate surface area is 160 Å². The van der Waals surface area contributed by atoms with Crippen LogP contribution >= 0.6 is 22.9 Å². The van der Waals surface area contributed by atoms with E-state index in [2.05, 4.69) is 15.4 Å². The van der Waals surface area contributed by atoms with Crippen LogP contribution in [0.15, 0.2) is 27.9 Å². The third-order valence-electron chi connectivity index (χ3n) is 3.68. The van der Waals surface area contributed by atoms with Crippen LogP contribution in [-0.2, 0) is 20.1 Å². The molecule has 0 aliphatic rings. The first-order chi connectivity index (χ1) is 12.8. The molecule has 0 saturated carbocycles. The van der Waals surface area contributed by atoms with E-state index in [1.165, 1.54) is 23.2 Å². The minimum Gasteiger partial charge on any atom is -0.386 e. The molecule has 3 N–H and O–H groups in total. The van der Waals surface area contributed by atoms with Gasteiger partial charge in [-0.25, -0.2) is 4.79 Å². The third kappa shape index (κ3) is 3.97. The largest absolute Gasteiger partial charge is 0.386 e. The lowest BCUT2D eigenvalue weighted by Gasteiger charge is -2.07. The van der Waals surface area contributed by atoms with Gasteiger partial charge in [-0.1, -0.05) is 11.6 Å². The van der Waals surface area contributed by atoms with Crippen molar-refractivity contribution in [3.8, 4) is 0 Å². The molecular formula is C14H14ClN7O4S. The fraction of sp³-hybridized carbons (Fsp3) is 0.286. The number of nitrogens with two attached hydrogens (primary N) is 1. The van der Waals surface area contributed by atoms with Gasteiger partial charge in [0.2, 0.25) is 0 Å². The van der Waals surface area contributed by atoms with E-state index in [9.17, 15) is 19.5 Å². The van der Waals surface area contributed by atoms with E-state index in [1.54, 1.807) is 12.1 Å². The number of rotatable bonds is 6. The summed E-state index contributed by atoms with van der Waals surface area (Å²) in [6, 6.07) is 3.37. The smallest absolute Gasteiger partial charge is 0.331 e. The standard InChI is InChI=1S/C14H14ClN7O4S/c1-20-13(25)7(12(16)24)4-21(14(20)26)6-11-17-19-22(18-11)5-8(23)9-2-3-10(15)27-9/h2-4,8,23H,5-6H2,1H3,(H2,16,24)/t8-/m0/s1. The predicted molar refractivity (Wildman–Crippen MR) is 95.7 cm³/mol. The summed E-state index contributed by atoms with van der Waals surface area (Å²) in [6.45, 7) is -0.0906. The molecule has 3 heterocycles. The molecule has 0 aliphatic carbocycles. The number of primary amides is 1. The highest BCUT2D eigenvalue weighted by atomic mass is 35.5. The summed E-state index contributed by atoms with van der Waals surface area (Å²) < 4.78 is 2.41. The van der Waals surface area contributed by atoms with Crippen molar-refractivity contribution in [3.63, 3.8) is 0 Å². The maximum Gasteiger partial charge on any atom is 0.331 e. The third-order valence-corrected chi connectivity index (χ3v) is 5.02. The van der Waals surface area contributed by atoms with E-state index in [1.807, 2.05) is 0 Å². The molecule has 142 valence electrons. The molecule has 27 heavy (non-hydrogen) atoms. The second-order valence-corrected chi connectivity index (χ2v) is 7.35. The highest BCUT2D eigenvalue weighted by molar-refractivity contribution is 7.16. The lowest BCUT2D eigenvalue weighted by molar-refractivity contribution is 0.0997. The monoisotopic (exact) mass is 411 g/mol. The first kappa shape index (κ1) is 18.9. The Morgan fingerprint density at radius 3 is 2.78 bits per heavy atom. The molecule has 1 atom stereocenters. The van der Waals surface area contributed by atoms with Crippen molar-refractivity contribution >= 4 is 28.8 Å². The molecule has 3 rings (SSSR count). The normalized spacial score (nSPS) is 12.3. The molecule has 0 aliphatic heterocycles. The van der Waals surface area contributed by atoms with Crippen LogP contribution in [0.1, 0.15) is 27.2 Å². The number of aliphatic hydroxyl groups excluding tert-OH is 1. The van der Waals surface area contributed by atoms with Crippen LogP contribution in [0.3, 0.4) is 0 Å². The fourth-order valence-electron chi connectivity index (χ4n) is 2.33. The van der Waals surface area contributed by atoms with Gasteiger partial charge in [-0.15, -0.1) is 21.5 Å². The quantitative estimate of drug-likeness (QED) is 0.534.